The SMILES string of the molecule is CCc1ccc(N(c2ccc(CC)c(CC)c2)c2c3ccccc3c(-c3c4ccccc4c(N(c4ccc(CC)c(CC)c4)c4ccc(CC)c(CC)c4)c4ccccc34)c3ccccc23)cc1CC. The quantitative estimate of drug-likeness (QED) is 0.0946. The van der Waals surface area contributed by atoms with Crippen molar-refractivity contribution in [2.45, 2.75) is 107 Å². The van der Waals surface area contributed by atoms with Gasteiger partial charge < -0.3 is 9.80 Å². The van der Waals surface area contributed by atoms with E-state index in [9.17, 15) is 0 Å². The van der Waals surface area contributed by atoms with Gasteiger partial charge in [0.2, 0.25) is 0 Å². The molecular weight excluding hydrogens is 845 g/mol. The molecule has 0 spiro atoms. The highest BCUT2D eigenvalue weighted by atomic mass is 15.2. The maximum absolute atomic E-state index is 2.57. The monoisotopic (exact) mass is 913 g/mol. The van der Waals surface area contributed by atoms with Crippen LogP contribution in [0.3, 0.4) is 0 Å². The molecule has 10 aromatic rings. The fourth-order valence-corrected chi connectivity index (χ4v) is 11.7. The Morgan fingerprint density at radius 2 is 0.429 bits per heavy atom. The second-order valence-corrected chi connectivity index (χ2v) is 18.9. The molecule has 0 aliphatic carbocycles. The average molecular weight is 913 g/mol. The number of nitrogens with zero attached hydrogens (tertiary/aromatic N) is 2. The summed E-state index contributed by atoms with van der Waals surface area (Å²) in [6.07, 6.45) is 8.02. The van der Waals surface area contributed by atoms with E-state index >= 15 is 0 Å². The lowest BCUT2D eigenvalue weighted by Gasteiger charge is -2.32. The number of hydrogen-bond donors (Lipinski definition) is 0. The summed E-state index contributed by atoms with van der Waals surface area (Å²) in [5, 5.41) is 9.91. The number of rotatable bonds is 15. The third kappa shape index (κ3) is 8.02. The molecule has 10 rings (SSSR count). The molecule has 0 heterocycles. The minimum absolute atomic E-state index is 0.988. The van der Waals surface area contributed by atoms with Crippen molar-refractivity contribution < 1.29 is 0 Å². The Kier molecular flexibility index (Phi) is 13.3. The highest BCUT2D eigenvalue weighted by molar-refractivity contribution is 6.30. The van der Waals surface area contributed by atoms with E-state index in [4.69, 9.17) is 0 Å². The second kappa shape index (κ2) is 20.1. The Labute approximate surface area is 417 Å². The van der Waals surface area contributed by atoms with Crippen LogP contribution in [0.2, 0.25) is 0 Å². The largest absolute Gasteiger partial charge is 0.309 e. The average Bonchev–Trinajstić information content (AvgIpc) is 3.42. The minimum Gasteiger partial charge on any atom is -0.309 e. The van der Waals surface area contributed by atoms with E-state index in [1.807, 2.05) is 0 Å². The zero-order valence-corrected chi connectivity index (χ0v) is 42.7. The first-order valence-corrected chi connectivity index (χ1v) is 26.3. The predicted molar refractivity (Wildman–Crippen MR) is 306 cm³/mol. The van der Waals surface area contributed by atoms with Crippen molar-refractivity contribution in [2.75, 3.05) is 9.80 Å². The van der Waals surface area contributed by atoms with E-state index in [-0.39, 0.29) is 0 Å². The third-order valence-electron chi connectivity index (χ3n) is 15.3. The Balaban J connectivity index is 1.32. The lowest BCUT2D eigenvalue weighted by Crippen LogP contribution is -2.14. The summed E-state index contributed by atoms with van der Waals surface area (Å²) in [5.74, 6) is 0. The summed E-state index contributed by atoms with van der Waals surface area (Å²) < 4.78 is 0. The van der Waals surface area contributed by atoms with Gasteiger partial charge in [-0.25, -0.2) is 0 Å². The van der Waals surface area contributed by atoms with Gasteiger partial charge in [-0.05, 0) is 177 Å². The van der Waals surface area contributed by atoms with Crippen molar-refractivity contribution in [1.29, 1.82) is 0 Å². The summed E-state index contributed by atoms with van der Waals surface area (Å²) >= 11 is 0. The number of hydrogen-bond acceptors (Lipinski definition) is 2. The maximum atomic E-state index is 2.57. The second-order valence-electron chi connectivity index (χ2n) is 18.9. The molecule has 0 aromatic heterocycles. The van der Waals surface area contributed by atoms with Crippen molar-refractivity contribution >= 4 is 77.2 Å². The molecule has 2 heteroatoms. The maximum Gasteiger partial charge on any atom is 0.0618 e. The molecule has 0 unspecified atom stereocenters. The van der Waals surface area contributed by atoms with Gasteiger partial charge in [0.05, 0.1) is 11.4 Å². The first-order valence-electron chi connectivity index (χ1n) is 26.3. The zero-order valence-electron chi connectivity index (χ0n) is 42.7. The van der Waals surface area contributed by atoms with E-state index < -0.39 is 0 Å². The van der Waals surface area contributed by atoms with Crippen LogP contribution in [0.5, 0.6) is 0 Å². The Morgan fingerprint density at radius 1 is 0.229 bits per heavy atom. The third-order valence-corrected chi connectivity index (χ3v) is 15.3. The standard InChI is InChI=1S/C68H68N2/c1-9-45-33-37-53(41-49(45)13-5)69(54-38-34-46(10-2)50(14-6)42-54)67-61-29-21-17-25-57(61)65(58-26-18-22-30-62(58)67)66-59-27-19-23-31-63(59)68(64-32-24-20-28-60(64)66)70(55-39-35-47(11-3)51(15-7)43-55)56-40-36-48(12-4)52(16-8)44-56/h17-44H,9-16H2,1-8H3. The van der Waals surface area contributed by atoms with Crippen LogP contribution in [0.25, 0.3) is 54.2 Å². The van der Waals surface area contributed by atoms with Gasteiger partial charge in [-0.15, -0.1) is 0 Å². The Hall–Kier alpha value is -7.16. The Bertz CT molecular complexity index is 3100. The first-order chi connectivity index (χ1) is 34.4. The van der Waals surface area contributed by atoms with Crippen molar-refractivity contribution in [2.24, 2.45) is 0 Å². The number of aryl methyl sites for hydroxylation is 8. The van der Waals surface area contributed by atoms with Crippen molar-refractivity contribution in [3.05, 3.63) is 214 Å². The van der Waals surface area contributed by atoms with Gasteiger partial charge in [0, 0.05) is 44.3 Å². The molecule has 2 nitrogen and oxygen atoms in total. The van der Waals surface area contributed by atoms with Gasteiger partial charge in [0.1, 0.15) is 0 Å². The van der Waals surface area contributed by atoms with Crippen LogP contribution in [0.15, 0.2) is 170 Å². The van der Waals surface area contributed by atoms with E-state index in [1.165, 1.54) is 133 Å². The van der Waals surface area contributed by atoms with Gasteiger partial charge in [-0.2, -0.15) is 0 Å². The van der Waals surface area contributed by atoms with Crippen LogP contribution < -0.4 is 9.80 Å². The van der Waals surface area contributed by atoms with Crippen molar-refractivity contribution in [1.82, 2.24) is 0 Å². The van der Waals surface area contributed by atoms with Crippen LogP contribution in [-0.4, -0.2) is 0 Å². The summed E-state index contributed by atoms with van der Waals surface area (Å²) in [6, 6.07) is 65.6. The van der Waals surface area contributed by atoms with Gasteiger partial charge in [0.15, 0.2) is 0 Å². The smallest absolute Gasteiger partial charge is 0.0618 e. The molecule has 0 saturated heterocycles. The zero-order chi connectivity index (χ0) is 48.5. The molecule has 70 heavy (non-hydrogen) atoms. The summed E-state index contributed by atoms with van der Waals surface area (Å²) in [6.45, 7) is 18.3. The number of benzene rings is 10. The normalized spacial score (nSPS) is 11.6. The summed E-state index contributed by atoms with van der Waals surface area (Å²) in [5.41, 5.74) is 21.0. The molecule has 0 saturated carbocycles. The highest BCUT2D eigenvalue weighted by Gasteiger charge is 2.28. The van der Waals surface area contributed by atoms with Crippen LogP contribution in [-0.2, 0) is 51.4 Å². The highest BCUT2D eigenvalue weighted by Crippen LogP contribution is 2.54. The molecule has 0 aliphatic rings. The summed E-state index contributed by atoms with van der Waals surface area (Å²) in [7, 11) is 0. The van der Waals surface area contributed by atoms with E-state index in [1.54, 1.807) is 0 Å². The minimum atomic E-state index is 0.988. The fraction of sp³-hybridized carbons (Fsp3) is 0.235. The van der Waals surface area contributed by atoms with Crippen LogP contribution in [0, 0.1) is 0 Å². The van der Waals surface area contributed by atoms with E-state index in [0.29, 0.717) is 0 Å². The molecule has 0 bridgehead atoms. The lowest BCUT2D eigenvalue weighted by atomic mass is 9.84. The predicted octanol–water partition coefficient (Wildman–Crippen LogP) is 19.4. The van der Waals surface area contributed by atoms with Crippen molar-refractivity contribution in [3.63, 3.8) is 0 Å². The molecule has 0 amide bonds. The lowest BCUT2D eigenvalue weighted by molar-refractivity contribution is 1.03. The van der Waals surface area contributed by atoms with E-state index in [2.05, 4.69) is 235 Å². The summed E-state index contributed by atoms with van der Waals surface area (Å²) in [4.78, 5) is 5.15. The van der Waals surface area contributed by atoms with Gasteiger partial charge in [0.25, 0.3) is 0 Å². The molecule has 0 atom stereocenters. The molecule has 350 valence electrons. The molecule has 10 aromatic carbocycles. The topological polar surface area (TPSA) is 6.48 Å². The molecular formula is C68H68N2. The van der Waals surface area contributed by atoms with Crippen LogP contribution >= 0.6 is 0 Å². The van der Waals surface area contributed by atoms with Crippen LogP contribution in [0.4, 0.5) is 34.1 Å². The first kappa shape index (κ1) is 46.6. The Morgan fingerprint density at radius 3 is 0.629 bits per heavy atom. The van der Waals surface area contributed by atoms with E-state index in [0.717, 1.165) is 51.4 Å². The van der Waals surface area contributed by atoms with Gasteiger partial charge in [-0.1, -0.05) is 177 Å². The number of anilines is 6. The molecule has 0 fully saturated rings. The molecule has 0 radical (unpaired) electrons. The van der Waals surface area contributed by atoms with Crippen LogP contribution in [0.1, 0.15) is 99.9 Å². The van der Waals surface area contributed by atoms with Gasteiger partial charge in [-0.3, -0.25) is 0 Å². The number of fused-ring (bicyclic) bond motifs is 4. The molecule has 0 aliphatic heterocycles. The fourth-order valence-electron chi connectivity index (χ4n) is 11.7. The van der Waals surface area contributed by atoms with Gasteiger partial charge >= 0.3 is 0 Å². The molecule has 0 N–H and O–H groups in total. The van der Waals surface area contributed by atoms with Crippen molar-refractivity contribution in [3.8, 4) is 11.1 Å².